The number of aliphatic hydroxyl groups excluding tert-OH is 1. The summed E-state index contributed by atoms with van der Waals surface area (Å²) in [5, 5.41) is 19.7. The van der Waals surface area contributed by atoms with E-state index in [-0.39, 0.29) is 12.0 Å². The van der Waals surface area contributed by atoms with Gasteiger partial charge in [0.1, 0.15) is 0 Å². The molecule has 0 aromatic carbocycles. The zero-order valence-corrected chi connectivity index (χ0v) is 10.6. The summed E-state index contributed by atoms with van der Waals surface area (Å²) >= 11 is 0. The van der Waals surface area contributed by atoms with Gasteiger partial charge in [-0.25, -0.2) is 0 Å². The van der Waals surface area contributed by atoms with Crippen molar-refractivity contribution < 1.29 is 9.90 Å². The van der Waals surface area contributed by atoms with E-state index in [2.05, 4.69) is 15.5 Å². The zero-order valence-electron chi connectivity index (χ0n) is 10.6. The van der Waals surface area contributed by atoms with E-state index in [1.807, 2.05) is 11.9 Å². The molecule has 18 heavy (non-hydrogen) atoms. The summed E-state index contributed by atoms with van der Waals surface area (Å²) in [6.07, 6.45) is 1.58. The molecule has 0 atom stereocenters. The van der Waals surface area contributed by atoms with E-state index in [4.69, 9.17) is 0 Å². The molecule has 1 heterocycles. The second-order valence-corrected chi connectivity index (χ2v) is 4.73. The molecular weight excluding hydrogens is 232 g/mol. The highest BCUT2D eigenvalue weighted by atomic mass is 16.3. The van der Waals surface area contributed by atoms with Crippen LogP contribution in [0.2, 0.25) is 0 Å². The van der Waals surface area contributed by atoms with Crippen LogP contribution in [0.4, 0.5) is 5.82 Å². The first-order chi connectivity index (χ1) is 8.60. The average molecular weight is 250 g/mol. The third kappa shape index (κ3) is 2.76. The Morgan fingerprint density at radius 1 is 1.50 bits per heavy atom. The Balaban J connectivity index is 1.94. The number of hydrogen-bond donors (Lipinski definition) is 2. The van der Waals surface area contributed by atoms with Crippen LogP contribution in [0.1, 0.15) is 23.3 Å². The lowest BCUT2D eigenvalue weighted by Crippen LogP contribution is -2.37. The minimum atomic E-state index is -0.237. The van der Waals surface area contributed by atoms with E-state index >= 15 is 0 Å². The lowest BCUT2D eigenvalue weighted by atomic mass is 9.82. The fourth-order valence-corrected chi connectivity index (χ4v) is 2.11. The van der Waals surface area contributed by atoms with Crippen molar-refractivity contribution >= 4 is 11.7 Å². The number of carbonyl (C=O) groups excluding carboxylic acids is 1. The number of amides is 1. The van der Waals surface area contributed by atoms with Gasteiger partial charge in [0.25, 0.3) is 5.91 Å². The molecule has 1 fully saturated rings. The maximum Gasteiger partial charge on any atom is 0.271 e. The highest BCUT2D eigenvalue weighted by molar-refractivity contribution is 5.91. The summed E-state index contributed by atoms with van der Waals surface area (Å²) in [6.45, 7) is 0.852. The molecule has 0 saturated heterocycles. The molecule has 0 radical (unpaired) electrons. The molecular formula is C12H18N4O2. The summed E-state index contributed by atoms with van der Waals surface area (Å²) in [5.41, 5.74) is 0.314. The van der Waals surface area contributed by atoms with Gasteiger partial charge in [-0.15, -0.1) is 10.2 Å². The zero-order chi connectivity index (χ0) is 13.1. The van der Waals surface area contributed by atoms with Crippen molar-refractivity contribution in [3.63, 3.8) is 0 Å². The van der Waals surface area contributed by atoms with Crippen LogP contribution in [-0.2, 0) is 0 Å². The summed E-state index contributed by atoms with van der Waals surface area (Å²) in [7, 11) is 3.50. The topological polar surface area (TPSA) is 78.4 Å². The molecule has 6 heteroatoms. The van der Waals surface area contributed by atoms with Crippen molar-refractivity contribution in [2.24, 2.45) is 5.92 Å². The maximum atomic E-state index is 11.3. The van der Waals surface area contributed by atoms with Crippen LogP contribution in [0.15, 0.2) is 12.1 Å². The standard InChI is InChI=1S/C12H18N4O2/c1-13-12(18)10-3-4-11(15-14-10)16(2)7-8-5-9(17)6-8/h3-4,8-9,17H,5-7H2,1-2H3,(H,13,18). The van der Waals surface area contributed by atoms with Gasteiger partial charge < -0.3 is 15.3 Å². The summed E-state index contributed by atoms with van der Waals surface area (Å²) in [4.78, 5) is 13.3. The van der Waals surface area contributed by atoms with Gasteiger partial charge in [0.05, 0.1) is 6.10 Å². The smallest absolute Gasteiger partial charge is 0.271 e. The molecule has 1 aromatic heterocycles. The SMILES string of the molecule is CNC(=O)c1ccc(N(C)CC2CC(O)C2)nn1. The van der Waals surface area contributed by atoms with Crippen molar-refractivity contribution in [1.82, 2.24) is 15.5 Å². The molecule has 0 bridgehead atoms. The number of aliphatic hydroxyl groups is 1. The van der Waals surface area contributed by atoms with Crippen LogP contribution in [0, 0.1) is 5.92 Å². The average Bonchev–Trinajstić information content (AvgIpc) is 2.36. The number of carbonyl (C=O) groups is 1. The lowest BCUT2D eigenvalue weighted by Gasteiger charge is -2.34. The van der Waals surface area contributed by atoms with E-state index in [9.17, 15) is 9.90 Å². The predicted molar refractivity (Wildman–Crippen MR) is 67.4 cm³/mol. The monoisotopic (exact) mass is 250 g/mol. The molecule has 98 valence electrons. The molecule has 1 aromatic rings. The van der Waals surface area contributed by atoms with Crippen molar-refractivity contribution in [1.29, 1.82) is 0 Å². The van der Waals surface area contributed by atoms with E-state index in [0.29, 0.717) is 11.6 Å². The first-order valence-electron chi connectivity index (χ1n) is 6.05. The lowest BCUT2D eigenvalue weighted by molar-refractivity contribution is 0.0464. The third-order valence-corrected chi connectivity index (χ3v) is 3.24. The Morgan fingerprint density at radius 2 is 2.22 bits per heavy atom. The van der Waals surface area contributed by atoms with Crippen LogP contribution < -0.4 is 10.2 Å². The first kappa shape index (κ1) is 12.8. The Bertz CT molecular complexity index is 415. The number of nitrogens with zero attached hydrogens (tertiary/aromatic N) is 3. The largest absolute Gasteiger partial charge is 0.393 e. The molecule has 2 N–H and O–H groups in total. The van der Waals surface area contributed by atoms with Crippen LogP contribution in [0.5, 0.6) is 0 Å². The fourth-order valence-electron chi connectivity index (χ4n) is 2.11. The number of anilines is 1. The molecule has 1 saturated carbocycles. The number of aromatic nitrogens is 2. The Morgan fingerprint density at radius 3 is 2.72 bits per heavy atom. The predicted octanol–water partition coefficient (Wildman–Crippen LogP) is 0.0433. The van der Waals surface area contributed by atoms with Gasteiger partial charge in [0.2, 0.25) is 0 Å². The van der Waals surface area contributed by atoms with E-state index < -0.39 is 0 Å². The number of nitrogens with one attached hydrogen (secondary N) is 1. The van der Waals surface area contributed by atoms with Gasteiger partial charge in [-0.2, -0.15) is 0 Å². The second-order valence-electron chi connectivity index (χ2n) is 4.73. The molecule has 1 aliphatic carbocycles. The van der Waals surface area contributed by atoms with E-state index in [1.54, 1.807) is 19.2 Å². The van der Waals surface area contributed by atoms with E-state index in [1.165, 1.54) is 0 Å². The minimum Gasteiger partial charge on any atom is -0.393 e. The fraction of sp³-hybridized carbons (Fsp3) is 0.583. The van der Waals surface area contributed by atoms with Crippen molar-refractivity contribution in [3.8, 4) is 0 Å². The minimum absolute atomic E-state index is 0.134. The van der Waals surface area contributed by atoms with Gasteiger partial charge >= 0.3 is 0 Å². The molecule has 0 spiro atoms. The van der Waals surface area contributed by atoms with Crippen molar-refractivity contribution in [3.05, 3.63) is 17.8 Å². The molecule has 2 rings (SSSR count). The summed E-state index contributed by atoms with van der Waals surface area (Å²) in [6, 6.07) is 3.44. The molecule has 1 aliphatic rings. The van der Waals surface area contributed by atoms with Gasteiger partial charge in [-0.05, 0) is 30.9 Å². The van der Waals surface area contributed by atoms with Gasteiger partial charge in [-0.3, -0.25) is 4.79 Å². The highest BCUT2D eigenvalue weighted by Gasteiger charge is 2.28. The number of hydrogen-bond acceptors (Lipinski definition) is 5. The quantitative estimate of drug-likeness (QED) is 0.789. The Labute approximate surface area is 106 Å². The molecule has 6 nitrogen and oxygen atoms in total. The first-order valence-corrected chi connectivity index (χ1v) is 6.05. The Kier molecular flexibility index (Phi) is 3.76. The van der Waals surface area contributed by atoms with Gasteiger partial charge in [0, 0.05) is 20.6 Å². The van der Waals surface area contributed by atoms with E-state index in [0.717, 1.165) is 25.2 Å². The van der Waals surface area contributed by atoms with Crippen LogP contribution in [-0.4, -0.2) is 48.0 Å². The van der Waals surface area contributed by atoms with Crippen LogP contribution in [0.25, 0.3) is 0 Å². The maximum absolute atomic E-state index is 11.3. The van der Waals surface area contributed by atoms with Crippen molar-refractivity contribution in [2.75, 3.05) is 25.5 Å². The summed E-state index contributed by atoms with van der Waals surface area (Å²) in [5.74, 6) is 1.02. The Hall–Kier alpha value is -1.69. The molecule has 0 aliphatic heterocycles. The molecule has 1 amide bonds. The van der Waals surface area contributed by atoms with Crippen LogP contribution in [0.3, 0.4) is 0 Å². The number of rotatable bonds is 4. The van der Waals surface area contributed by atoms with Crippen LogP contribution >= 0.6 is 0 Å². The van der Waals surface area contributed by atoms with Crippen molar-refractivity contribution in [2.45, 2.75) is 18.9 Å². The van der Waals surface area contributed by atoms with Gasteiger partial charge in [-0.1, -0.05) is 0 Å². The normalized spacial score (nSPS) is 22.2. The summed E-state index contributed by atoms with van der Waals surface area (Å²) < 4.78 is 0. The molecule has 0 unspecified atom stereocenters. The second kappa shape index (κ2) is 5.30. The third-order valence-electron chi connectivity index (χ3n) is 3.24. The van der Waals surface area contributed by atoms with Gasteiger partial charge in [0.15, 0.2) is 11.5 Å². The highest BCUT2D eigenvalue weighted by Crippen LogP contribution is 2.28.